The molecule has 0 saturated carbocycles. The molecule has 1 aliphatic heterocycles. The number of rotatable bonds is 6. The number of hydrogen-bond donors (Lipinski definition) is 0. The summed E-state index contributed by atoms with van der Waals surface area (Å²) in [4.78, 5) is 35.6. The molecule has 1 aromatic heterocycles. The van der Waals surface area contributed by atoms with Crippen LogP contribution in [0, 0.1) is 0 Å². The van der Waals surface area contributed by atoms with Gasteiger partial charge in [0.25, 0.3) is 5.91 Å². The van der Waals surface area contributed by atoms with Gasteiger partial charge >= 0.3 is 0 Å². The molecule has 4 rings (SSSR count). The molecule has 0 aliphatic carbocycles. The minimum absolute atomic E-state index is 0.0285. The fourth-order valence-electron chi connectivity index (χ4n) is 3.89. The molecule has 3 aromatic rings. The van der Waals surface area contributed by atoms with Gasteiger partial charge in [-0.25, -0.2) is 4.98 Å². The van der Waals surface area contributed by atoms with Gasteiger partial charge in [0.2, 0.25) is 5.91 Å². The van der Waals surface area contributed by atoms with E-state index in [1.54, 1.807) is 23.1 Å². The highest BCUT2D eigenvalue weighted by atomic mass is 32.2. The smallest absolute Gasteiger partial charge is 0.255 e. The van der Waals surface area contributed by atoms with Crippen molar-refractivity contribution >= 4 is 34.9 Å². The van der Waals surface area contributed by atoms with Crippen LogP contribution in [0.1, 0.15) is 35.5 Å². The van der Waals surface area contributed by atoms with Crippen LogP contribution in [-0.4, -0.2) is 52.8 Å². The van der Waals surface area contributed by atoms with Crippen LogP contribution in [0.15, 0.2) is 70.4 Å². The molecule has 0 N–H and O–H groups in total. The second kappa shape index (κ2) is 9.88. The van der Waals surface area contributed by atoms with Crippen molar-refractivity contribution in [2.45, 2.75) is 29.9 Å². The molecule has 7 heteroatoms. The minimum Gasteiger partial charge on any atom is -0.338 e. The molecular formula is C25H27N3O2S2. The van der Waals surface area contributed by atoms with Crippen LogP contribution < -0.4 is 0 Å². The number of thioether (sulfide) groups is 1. The summed E-state index contributed by atoms with van der Waals surface area (Å²) in [6.07, 6.45) is 0. The normalized spacial score (nSPS) is 14.4. The first-order valence-corrected chi connectivity index (χ1v) is 12.6. The van der Waals surface area contributed by atoms with Crippen LogP contribution in [-0.2, 0) is 16.0 Å². The molecule has 32 heavy (non-hydrogen) atoms. The average molecular weight is 466 g/mol. The van der Waals surface area contributed by atoms with Crippen LogP contribution >= 0.6 is 23.1 Å². The van der Waals surface area contributed by atoms with Crippen LogP contribution in [0.5, 0.6) is 0 Å². The zero-order valence-corrected chi connectivity index (χ0v) is 20.0. The van der Waals surface area contributed by atoms with Crippen LogP contribution in [0.3, 0.4) is 0 Å². The van der Waals surface area contributed by atoms with E-state index in [1.165, 1.54) is 0 Å². The minimum atomic E-state index is -0.591. The number of benzene rings is 2. The number of carbonyl (C=O) groups is 2. The summed E-state index contributed by atoms with van der Waals surface area (Å²) in [5.74, 6) is 0.876. The summed E-state index contributed by atoms with van der Waals surface area (Å²) < 4.78 is 0. The van der Waals surface area contributed by atoms with E-state index in [2.05, 4.69) is 4.98 Å². The number of thiazole rings is 1. The van der Waals surface area contributed by atoms with Crippen molar-refractivity contribution in [3.05, 3.63) is 82.3 Å². The van der Waals surface area contributed by atoms with Gasteiger partial charge in [0.1, 0.15) is 0 Å². The van der Waals surface area contributed by atoms with Gasteiger partial charge < -0.3 is 9.80 Å². The maximum absolute atomic E-state index is 13.3. The standard InChI is InChI=1S/C25H27N3O2S2/c1-25(2,19-8-4-3-5-9-19)24(30)28-14-12-27(13-15-28)23(29)21-10-6-7-11-22(21)32-17-20-16-31-18-26-20/h3-11,16,18H,12-15,17H2,1-2H3. The zero-order valence-electron chi connectivity index (χ0n) is 18.4. The maximum atomic E-state index is 13.3. The highest BCUT2D eigenvalue weighted by molar-refractivity contribution is 7.98. The van der Waals surface area contributed by atoms with Crippen molar-refractivity contribution in [3.63, 3.8) is 0 Å². The lowest BCUT2D eigenvalue weighted by molar-refractivity contribution is -0.137. The number of amides is 2. The Labute approximate surface area is 197 Å². The second-order valence-electron chi connectivity index (χ2n) is 8.34. The van der Waals surface area contributed by atoms with E-state index in [0.29, 0.717) is 26.2 Å². The van der Waals surface area contributed by atoms with Crippen LogP contribution in [0.25, 0.3) is 0 Å². The third-order valence-electron chi connectivity index (χ3n) is 5.86. The van der Waals surface area contributed by atoms with Gasteiger partial charge in [-0.1, -0.05) is 42.5 Å². The molecule has 1 aliphatic rings. The number of aromatic nitrogens is 1. The summed E-state index contributed by atoms with van der Waals surface area (Å²) in [5.41, 5.74) is 3.99. The molecule has 0 spiro atoms. The fraction of sp³-hybridized carbons (Fsp3) is 0.320. The van der Waals surface area contributed by atoms with Crippen molar-refractivity contribution in [2.75, 3.05) is 26.2 Å². The van der Waals surface area contributed by atoms with Gasteiger partial charge in [0, 0.05) is 42.2 Å². The van der Waals surface area contributed by atoms with Gasteiger partial charge in [-0.2, -0.15) is 0 Å². The van der Waals surface area contributed by atoms with E-state index in [-0.39, 0.29) is 11.8 Å². The lowest BCUT2D eigenvalue weighted by Gasteiger charge is -2.39. The van der Waals surface area contributed by atoms with Gasteiger partial charge in [0.05, 0.1) is 22.2 Å². The lowest BCUT2D eigenvalue weighted by atomic mass is 9.83. The third kappa shape index (κ3) is 4.89. The molecule has 0 unspecified atom stereocenters. The number of hydrogen-bond acceptors (Lipinski definition) is 5. The Balaban J connectivity index is 1.39. The average Bonchev–Trinajstić information content (AvgIpc) is 3.36. The zero-order chi connectivity index (χ0) is 22.6. The topological polar surface area (TPSA) is 53.5 Å². The molecule has 2 amide bonds. The van der Waals surface area contributed by atoms with Gasteiger partial charge in [-0.05, 0) is 31.5 Å². The van der Waals surface area contributed by atoms with E-state index < -0.39 is 5.41 Å². The second-order valence-corrected chi connectivity index (χ2v) is 10.1. The van der Waals surface area contributed by atoms with E-state index in [4.69, 9.17) is 0 Å². The van der Waals surface area contributed by atoms with Crippen LogP contribution in [0.4, 0.5) is 0 Å². The molecule has 0 radical (unpaired) electrons. The Bertz CT molecular complexity index is 1060. The van der Waals surface area contributed by atoms with E-state index in [0.717, 1.165) is 27.5 Å². The van der Waals surface area contributed by atoms with Crippen LogP contribution in [0.2, 0.25) is 0 Å². The first-order chi connectivity index (χ1) is 15.5. The van der Waals surface area contributed by atoms with E-state index >= 15 is 0 Å². The summed E-state index contributed by atoms with van der Waals surface area (Å²) in [7, 11) is 0. The molecule has 166 valence electrons. The Morgan fingerprint density at radius 2 is 1.62 bits per heavy atom. The van der Waals surface area contributed by atoms with Gasteiger partial charge in [0.15, 0.2) is 0 Å². The molecule has 1 fully saturated rings. The SMILES string of the molecule is CC(C)(C(=O)N1CCN(C(=O)c2ccccc2SCc2cscn2)CC1)c1ccccc1. The van der Waals surface area contributed by atoms with Crippen molar-refractivity contribution in [1.82, 2.24) is 14.8 Å². The number of piperazine rings is 1. The lowest BCUT2D eigenvalue weighted by Crippen LogP contribution is -2.54. The predicted molar refractivity (Wildman–Crippen MR) is 130 cm³/mol. The largest absolute Gasteiger partial charge is 0.338 e. The summed E-state index contributed by atoms with van der Waals surface area (Å²) >= 11 is 3.21. The van der Waals surface area contributed by atoms with E-state index in [9.17, 15) is 9.59 Å². The summed E-state index contributed by atoms with van der Waals surface area (Å²) in [6, 6.07) is 17.6. The highest BCUT2D eigenvalue weighted by Gasteiger charge is 2.35. The van der Waals surface area contributed by atoms with Crippen molar-refractivity contribution in [2.24, 2.45) is 0 Å². The summed E-state index contributed by atoms with van der Waals surface area (Å²) in [6.45, 7) is 6.13. The first kappa shape index (κ1) is 22.6. The van der Waals surface area contributed by atoms with Crippen molar-refractivity contribution in [3.8, 4) is 0 Å². The quantitative estimate of drug-likeness (QED) is 0.495. The molecular weight excluding hydrogens is 438 g/mol. The molecule has 1 saturated heterocycles. The first-order valence-electron chi connectivity index (χ1n) is 10.7. The Morgan fingerprint density at radius 1 is 0.969 bits per heavy atom. The number of carbonyl (C=O) groups excluding carboxylic acids is 2. The van der Waals surface area contributed by atoms with Gasteiger partial charge in [-0.15, -0.1) is 23.1 Å². The Hall–Kier alpha value is -2.64. The molecule has 2 heterocycles. The Kier molecular flexibility index (Phi) is 6.96. The van der Waals surface area contributed by atoms with Gasteiger partial charge in [-0.3, -0.25) is 9.59 Å². The molecule has 0 atom stereocenters. The van der Waals surface area contributed by atoms with E-state index in [1.807, 2.05) is 89.1 Å². The van der Waals surface area contributed by atoms with Crippen molar-refractivity contribution < 1.29 is 9.59 Å². The fourth-order valence-corrected chi connectivity index (χ4v) is 5.50. The third-order valence-corrected chi connectivity index (χ3v) is 7.60. The highest BCUT2D eigenvalue weighted by Crippen LogP contribution is 2.29. The molecule has 5 nitrogen and oxygen atoms in total. The number of nitrogens with zero attached hydrogens (tertiary/aromatic N) is 3. The molecule has 0 bridgehead atoms. The molecule has 2 aromatic carbocycles. The predicted octanol–water partition coefficient (Wildman–Crippen LogP) is 4.70. The summed E-state index contributed by atoms with van der Waals surface area (Å²) in [5, 5.41) is 2.03. The Morgan fingerprint density at radius 3 is 2.31 bits per heavy atom. The monoisotopic (exact) mass is 465 g/mol. The maximum Gasteiger partial charge on any atom is 0.255 e. The van der Waals surface area contributed by atoms with Crippen molar-refractivity contribution in [1.29, 1.82) is 0 Å².